The second-order valence-electron chi connectivity index (χ2n) is 4.90. The van der Waals surface area contributed by atoms with Crippen molar-refractivity contribution in [3.8, 4) is 5.75 Å². The fraction of sp³-hybridized carbons (Fsp3) is 0.318. The van der Waals surface area contributed by atoms with Gasteiger partial charge in [0.15, 0.2) is 0 Å². The standard InChI is InChI=1S/C18H16O2.2C2H6/c1-20-15-9-8-14-7-6-13-4-2-3-5-16(13)17(10-11-19)18(14)12-15;2*1-2/h2-5,8-12H,6-7H2,1H3;2*1-2H3. The maximum Gasteiger partial charge on any atom is 0.143 e. The van der Waals surface area contributed by atoms with Gasteiger partial charge in [0.2, 0.25) is 0 Å². The van der Waals surface area contributed by atoms with Gasteiger partial charge in [0.1, 0.15) is 12.0 Å². The Morgan fingerprint density at radius 3 is 2.12 bits per heavy atom. The monoisotopic (exact) mass is 324 g/mol. The van der Waals surface area contributed by atoms with Crippen molar-refractivity contribution in [2.45, 2.75) is 40.5 Å². The molecule has 1 aliphatic rings. The lowest BCUT2D eigenvalue weighted by atomic mass is 9.94. The van der Waals surface area contributed by atoms with Gasteiger partial charge in [0.25, 0.3) is 0 Å². The number of aryl methyl sites for hydroxylation is 2. The molecule has 0 bridgehead atoms. The van der Waals surface area contributed by atoms with Crippen molar-refractivity contribution in [3.05, 3.63) is 70.8 Å². The van der Waals surface area contributed by atoms with Crippen molar-refractivity contribution in [1.29, 1.82) is 0 Å². The van der Waals surface area contributed by atoms with E-state index in [1.165, 1.54) is 11.1 Å². The minimum Gasteiger partial charge on any atom is -0.497 e. The molecular weight excluding hydrogens is 296 g/mol. The first-order valence-electron chi connectivity index (χ1n) is 8.74. The van der Waals surface area contributed by atoms with E-state index >= 15 is 0 Å². The molecule has 2 aromatic carbocycles. The van der Waals surface area contributed by atoms with E-state index in [0.717, 1.165) is 41.6 Å². The SMILES string of the molecule is CC.CC.COc1ccc2c(c1)C(=CC=O)c1ccccc1CC2. The predicted molar refractivity (Wildman–Crippen MR) is 103 cm³/mol. The third-order valence-electron chi connectivity index (χ3n) is 3.81. The fourth-order valence-corrected chi connectivity index (χ4v) is 2.81. The predicted octanol–water partition coefficient (Wildman–Crippen LogP) is 5.48. The summed E-state index contributed by atoms with van der Waals surface area (Å²) in [5.41, 5.74) is 5.78. The smallest absolute Gasteiger partial charge is 0.143 e. The minimum absolute atomic E-state index is 0.819. The van der Waals surface area contributed by atoms with Gasteiger partial charge in [-0.1, -0.05) is 58.0 Å². The molecule has 0 fully saturated rings. The van der Waals surface area contributed by atoms with Crippen LogP contribution in [0.5, 0.6) is 5.75 Å². The van der Waals surface area contributed by atoms with Gasteiger partial charge < -0.3 is 4.74 Å². The van der Waals surface area contributed by atoms with Crippen LogP contribution in [-0.2, 0) is 17.6 Å². The quantitative estimate of drug-likeness (QED) is 0.540. The fourth-order valence-electron chi connectivity index (χ4n) is 2.81. The summed E-state index contributed by atoms with van der Waals surface area (Å²) in [4.78, 5) is 11.1. The van der Waals surface area contributed by atoms with E-state index in [1.807, 2.05) is 52.0 Å². The number of aldehydes is 1. The summed E-state index contributed by atoms with van der Waals surface area (Å²) in [6, 6.07) is 14.4. The molecule has 0 unspecified atom stereocenters. The molecule has 3 rings (SSSR count). The molecule has 24 heavy (non-hydrogen) atoms. The highest BCUT2D eigenvalue weighted by Gasteiger charge is 2.18. The minimum atomic E-state index is 0.819. The van der Waals surface area contributed by atoms with Crippen LogP contribution in [0.2, 0.25) is 0 Å². The normalized spacial score (nSPS) is 13.1. The number of ether oxygens (including phenoxy) is 1. The average molecular weight is 324 g/mol. The zero-order valence-corrected chi connectivity index (χ0v) is 15.4. The molecule has 2 nitrogen and oxygen atoms in total. The van der Waals surface area contributed by atoms with E-state index in [-0.39, 0.29) is 0 Å². The molecule has 0 N–H and O–H groups in total. The Balaban J connectivity index is 0.000000671. The Bertz CT molecular complexity index is 684. The molecule has 2 aromatic rings. The lowest BCUT2D eigenvalue weighted by Crippen LogP contribution is -1.94. The number of methoxy groups -OCH3 is 1. The molecule has 128 valence electrons. The van der Waals surface area contributed by atoms with Crippen LogP contribution in [0.3, 0.4) is 0 Å². The summed E-state index contributed by atoms with van der Waals surface area (Å²) in [5, 5.41) is 0. The van der Waals surface area contributed by atoms with Gasteiger partial charge in [-0.05, 0) is 58.9 Å². The van der Waals surface area contributed by atoms with Crippen LogP contribution in [0.4, 0.5) is 0 Å². The van der Waals surface area contributed by atoms with E-state index in [0.29, 0.717) is 0 Å². The second-order valence-corrected chi connectivity index (χ2v) is 4.90. The summed E-state index contributed by atoms with van der Waals surface area (Å²) in [5.74, 6) is 0.819. The number of carbonyl (C=O) groups is 1. The third kappa shape index (κ3) is 4.35. The van der Waals surface area contributed by atoms with Gasteiger partial charge in [-0.3, -0.25) is 4.79 Å². The topological polar surface area (TPSA) is 26.3 Å². The summed E-state index contributed by atoms with van der Waals surface area (Å²) < 4.78 is 5.32. The number of hydrogen-bond donors (Lipinski definition) is 0. The largest absolute Gasteiger partial charge is 0.497 e. The van der Waals surface area contributed by atoms with Gasteiger partial charge >= 0.3 is 0 Å². The Hall–Kier alpha value is -2.35. The third-order valence-corrected chi connectivity index (χ3v) is 3.81. The van der Waals surface area contributed by atoms with Crippen molar-refractivity contribution >= 4 is 11.9 Å². The van der Waals surface area contributed by atoms with Crippen LogP contribution in [0.25, 0.3) is 5.57 Å². The maximum absolute atomic E-state index is 11.1. The molecule has 0 radical (unpaired) electrons. The Kier molecular flexibility index (Phi) is 8.56. The first-order valence-corrected chi connectivity index (χ1v) is 8.74. The first kappa shape index (κ1) is 19.7. The number of benzene rings is 2. The summed E-state index contributed by atoms with van der Waals surface area (Å²) in [6.07, 6.45) is 4.49. The van der Waals surface area contributed by atoms with Crippen LogP contribution < -0.4 is 4.74 Å². The molecule has 0 saturated carbocycles. The molecular formula is C22H28O2. The van der Waals surface area contributed by atoms with Crippen LogP contribution in [0.15, 0.2) is 48.5 Å². The van der Waals surface area contributed by atoms with E-state index < -0.39 is 0 Å². The van der Waals surface area contributed by atoms with E-state index in [1.54, 1.807) is 13.2 Å². The van der Waals surface area contributed by atoms with Crippen molar-refractivity contribution < 1.29 is 9.53 Å². The number of rotatable bonds is 2. The summed E-state index contributed by atoms with van der Waals surface area (Å²) in [6.45, 7) is 8.00. The average Bonchev–Trinajstić information content (AvgIpc) is 2.82. The molecule has 0 aliphatic heterocycles. The highest BCUT2D eigenvalue weighted by atomic mass is 16.5. The van der Waals surface area contributed by atoms with Crippen LogP contribution >= 0.6 is 0 Å². The Labute approximate surface area is 146 Å². The number of fused-ring (bicyclic) bond motifs is 2. The molecule has 0 amide bonds. The summed E-state index contributed by atoms with van der Waals surface area (Å²) in [7, 11) is 1.66. The molecule has 0 heterocycles. The van der Waals surface area contributed by atoms with E-state index in [9.17, 15) is 4.79 Å². The van der Waals surface area contributed by atoms with Crippen LogP contribution in [0.1, 0.15) is 49.9 Å². The summed E-state index contributed by atoms with van der Waals surface area (Å²) >= 11 is 0. The van der Waals surface area contributed by atoms with Gasteiger partial charge in [0, 0.05) is 0 Å². The molecule has 2 heteroatoms. The van der Waals surface area contributed by atoms with E-state index in [2.05, 4.69) is 18.2 Å². The van der Waals surface area contributed by atoms with Gasteiger partial charge in [-0.15, -0.1) is 0 Å². The lowest BCUT2D eigenvalue weighted by Gasteiger charge is -2.12. The van der Waals surface area contributed by atoms with Crippen molar-refractivity contribution in [2.24, 2.45) is 0 Å². The van der Waals surface area contributed by atoms with Crippen LogP contribution in [-0.4, -0.2) is 13.4 Å². The molecule has 0 aromatic heterocycles. The van der Waals surface area contributed by atoms with Gasteiger partial charge in [-0.25, -0.2) is 0 Å². The Morgan fingerprint density at radius 1 is 0.875 bits per heavy atom. The molecule has 0 atom stereocenters. The molecule has 0 saturated heterocycles. The zero-order valence-electron chi connectivity index (χ0n) is 15.4. The highest BCUT2D eigenvalue weighted by Crippen LogP contribution is 2.35. The molecule has 1 aliphatic carbocycles. The lowest BCUT2D eigenvalue weighted by molar-refractivity contribution is -0.104. The number of hydrogen-bond acceptors (Lipinski definition) is 2. The second kappa shape index (κ2) is 10.4. The van der Waals surface area contributed by atoms with Crippen LogP contribution in [0, 0.1) is 0 Å². The van der Waals surface area contributed by atoms with Gasteiger partial charge in [0.05, 0.1) is 7.11 Å². The maximum atomic E-state index is 11.1. The first-order chi connectivity index (χ1) is 11.8. The van der Waals surface area contributed by atoms with Crippen molar-refractivity contribution in [3.63, 3.8) is 0 Å². The van der Waals surface area contributed by atoms with E-state index in [4.69, 9.17) is 4.74 Å². The number of allylic oxidation sites excluding steroid dienone is 1. The van der Waals surface area contributed by atoms with Crippen molar-refractivity contribution in [1.82, 2.24) is 0 Å². The molecule has 0 spiro atoms. The zero-order chi connectivity index (χ0) is 17.9. The van der Waals surface area contributed by atoms with Crippen molar-refractivity contribution in [2.75, 3.05) is 7.11 Å². The number of carbonyl (C=O) groups excluding carboxylic acids is 1. The van der Waals surface area contributed by atoms with Gasteiger partial charge in [-0.2, -0.15) is 0 Å². The Morgan fingerprint density at radius 2 is 1.50 bits per heavy atom. The highest BCUT2D eigenvalue weighted by molar-refractivity contribution is 5.92.